The van der Waals surface area contributed by atoms with Gasteiger partial charge in [-0.3, -0.25) is 19.8 Å². The monoisotopic (exact) mass is 430 g/mol. The first-order valence-electron chi connectivity index (χ1n) is 9.35. The van der Waals surface area contributed by atoms with Gasteiger partial charge in [-0.25, -0.2) is 8.78 Å². The Hall–Kier alpha value is -0.700. The molecule has 0 saturated carbocycles. The number of hydrogen-bond acceptors (Lipinski definition) is 4. The van der Waals surface area contributed by atoms with E-state index in [-0.39, 0.29) is 36.6 Å². The number of halogens is 4. The molecule has 0 radical (unpaired) electrons. The molecule has 0 aromatic carbocycles. The van der Waals surface area contributed by atoms with Crippen LogP contribution in [0.1, 0.15) is 32.1 Å². The summed E-state index contributed by atoms with van der Waals surface area (Å²) in [6.07, 6.45) is 4.12. The number of piperazine rings is 1. The summed E-state index contributed by atoms with van der Waals surface area (Å²) < 4.78 is 26.5. The summed E-state index contributed by atoms with van der Waals surface area (Å²) in [5.74, 6) is -2.86. The fourth-order valence-electron chi connectivity index (χ4n) is 3.85. The molecular formula is C17H30Cl2F2N4O2. The van der Waals surface area contributed by atoms with E-state index >= 15 is 0 Å². The zero-order chi connectivity index (χ0) is 17.9. The van der Waals surface area contributed by atoms with Gasteiger partial charge < -0.3 is 9.80 Å². The van der Waals surface area contributed by atoms with Crippen LogP contribution in [0.4, 0.5) is 8.78 Å². The van der Waals surface area contributed by atoms with Crippen molar-refractivity contribution in [3.05, 3.63) is 0 Å². The lowest BCUT2D eigenvalue weighted by Crippen LogP contribution is -2.54. The molecule has 1 unspecified atom stereocenters. The summed E-state index contributed by atoms with van der Waals surface area (Å²) >= 11 is 0. The highest BCUT2D eigenvalue weighted by Gasteiger charge is 2.43. The minimum Gasteiger partial charge on any atom is -0.342 e. The number of amides is 2. The molecule has 3 aliphatic rings. The zero-order valence-electron chi connectivity index (χ0n) is 15.5. The van der Waals surface area contributed by atoms with E-state index < -0.39 is 24.9 Å². The average Bonchev–Trinajstić information content (AvgIpc) is 2.79. The van der Waals surface area contributed by atoms with Crippen molar-refractivity contribution in [1.82, 2.24) is 20.0 Å². The van der Waals surface area contributed by atoms with E-state index in [1.807, 2.05) is 4.90 Å². The Morgan fingerprint density at radius 1 is 0.889 bits per heavy atom. The van der Waals surface area contributed by atoms with Crippen molar-refractivity contribution >= 4 is 36.6 Å². The maximum atomic E-state index is 13.2. The normalized spacial score (nSPS) is 25.9. The lowest BCUT2D eigenvalue weighted by atomic mass is 10.1. The Bertz CT molecular complexity index is 497. The Morgan fingerprint density at radius 2 is 1.48 bits per heavy atom. The number of carbonyl (C=O) groups excluding carboxylic acids is 2. The molecule has 1 atom stereocenters. The van der Waals surface area contributed by atoms with Gasteiger partial charge in [-0.15, -0.1) is 24.8 Å². The first-order valence-corrected chi connectivity index (χ1v) is 9.35. The van der Waals surface area contributed by atoms with E-state index in [1.165, 1.54) is 12.8 Å². The van der Waals surface area contributed by atoms with Crippen LogP contribution < -0.4 is 5.32 Å². The number of hydrogen-bond donors (Lipinski definition) is 1. The number of carbonyl (C=O) groups is 2. The molecule has 0 aromatic rings. The second-order valence-electron chi connectivity index (χ2n) is 7.39. The Morgan fingerprint density at radius 3 is 2.00 bits per heavy atom. The molecule has 0 bridgehead atoms. The molecule has 3 aliphatic heterocycles. The Balaban J connectivity index is 0.00000182. The number of alkyl halides is 2. The lowest BCUT2D eigenvalue weighted by Gasteiger charge is -2.36. The van der Waals surface area contributed by atoms with Crippen molar-refractivity contribution in [2.75, 3.05) is 52.4 Å². The molecule has 10 heteroatoms. The summed E-state index contributed by atoms with van der Waals surface area (Å²) in [5.41, 5.74) is 0. The highest BCUT2D eigenvalue weighted by molar-refractivity contribution is 5.85. The molecule has 2 amide bonds. The molecule has 3 fully saturated rings. The van der Waals surface area contributed by atoms with Gasteiger partial charge in [-0.1, -0.05) is 12.8 Å². The van der Waals surface area contributed by atoms with Crippen LogP contribution in [0.25, 0.3) is 0 Å². The maximum Gasteiger partial charge on any atom is 0.262 e. The van der Waals surface area contributed by atoms with Gasteiger partial charge in [0.05, 0.1) is 19.1 Å². The molecule has 158 valence electrons. The van der Waals surface area contributed by atoms with Gasteiger partial charge in [0.1, 0.15) is 0 Å². The highest BCUT2D eigenvalue weighted by Crippen LogP contribution is 2.26. The van der Waals surface area contributed by atoms with E-state index in [9.17, 15) is 18.4 Å². The molecule has 1 N–H and O–H groups in total. The van der Waals surface area contributed by atoms with Crippen LogP contribution in [-0.2, 0) is 9.59 Å². The van der Waals surface area contributed by atoms with E-state index in [0.29, 0.717) is 32.7 Å². The minimum atomic E-state index is -2.79. The predicted octanol–water partition coefficient (Wildman–Crippen LogP) is 1.37. The fourth-order valence-corrected chi connectivity index (χ4v) is 3.85. The van der Waals surface area contributed by atoms with Crippen molar-refractivity contribution < 1.29 is 18.4 Å². The van der Waals surface area contributed by atoms with Gasteiger partial charge in [0.15, 0.2) is 0 Å². The first kappa shape index (κ1) is 24.3. The van der Waals surface area contributed by atoms with Crippen LogP contribution in [0, 0.1) is 0 Å². The molecule has 0 aromatic heterocycles. The third-order valence-electron chi connectivity index (χ3n) is 5.41. The third kappa shape index (κ3) is 6.69. The third-order valence-corrected chi connectivity index (χ3v) is 5.41. The van der Waals surface area contributed by atoms with Gasteiger partial charge in [0.2, 0.25) is 11.8 Å². The van der Waals surface area contributed by atoms with Crippen molar-refractivity contribution in [2.24, 2.45) is 0 Å². The van der Waals surface area contributed by atoms with E-state index in [1.54, 1.807) is 4.90 Å². The Kier molecular flexibility index (Phi) is 9.68. The van der Waals surface area contributed by atoms with Gasteiger partial charge in [0, 0.05) is 45.7 Å². The second kappa shape index (κ2) is 10.7. The van der Waals surface area contributed by atoms with Gasteiger partial charge >= 0.3 is 0 Å². The van der Waals surface area contributed by atoms with Crippen molar-refractivity contribution in [2.45, 2.75) is 44.1 Å². The zero-order valence-corrected chi connectivity index (χ0v) is 17.1. The van der Waals surface area contributed by atoms with Crippen LogP contribution >= 0.6 is 24.8 Å². The molecule has 0 aliphatic carbocycles. The molecule has 0 spiro atoms. The van der Waals surface area contributed by atoms with E-state index in [2.05, 4.69) is 10.2 Å². The topological polar surface area (TPSA) is 55.9 Å². The molecule has 27 heavy (non-hydrogen) atoms. The first-order chi connectivity index (χ1) is 11.9. The minimum absolute atomic E-state index is 0. The van der Waals surface area contributed by atoms with Crippen molar-refractivity contribution in [1.29, 1.82) is 0 Å². The largest absolute Gasteiger partial charge is 0.342 e. The summed E-state index contributed by atoms with van der Waals surface area (Å²) in [5, 5.41) is 2.62. The van der Waals surface area contributed by atoms with E-state index in [0.717, 1.165) is 25.9 Å². The molecule has 3 saturated heterocycles. The van der Waals surface area contributed by atoms with Crippen LogP contribution in [0.15, 0.2) is 0 Å². The maximum absolute atomic E-state index is 13.2. The van der Waals surface area contributed by atoms with Crippen LogP contribution in [0.3, 0.4) is 0 Å². The number of nitrogens with one attached hydrogen (secondary N) is 1. The van der Waals surface area contributed by atoms with Gasteiger partial charge in [0.25, 0.3) is 5.92 Å². The number of likely N-dealkylation sites (tertiary alicyclic amines) is 1. The fraction of sp³-hybridized carbons (Fsp3) is 0.882. The highest BCUT2D eigenvalue weighted by atomic mass is 35.5. The molecule has 6 nitrogen and oxygen atoms in total. The summed E-state index contributed by atoms with van der Waals surface area (Å²) in [7, 11) is 0. The summed E-state index contributed by atoms with van der Waals surface area (Å²) in [4.78, 5) is 30.4. The van der Waals surface area contributed by atoms with Crippen LogP contribution in [-0.4, -0.2) is 90.8 Å². The quantitative estimate of drug-likeness (QED) is 0.734. The van der Waals surface area contributed by atoms with Gasteiger partial charge in [-0.2, -0.15) is 0 Å². The molecule has 3 heterocycles. The van der Waals surface area contributed by atoms with Crippen molar-refractivity contribution in [3.8, 4) is 0 Å². The molecular weight excluding hydrogens is 401 g/mol. The second-order valence-corrected chi connectivity index (χ2v) is 7.39. The molecule has 3 rings (SSSR count). The van der Waals surface area contributed by atoms with Crippen LogP contribution in [0.5, 0.6) is 0 Å². The van der Waals surface area contributed by atoms with Crippen molar-refractivity contribution in [3.63, 3.8) is 0 Å². The number of rotatable bonds is 3. The summed E-state index contributed by atoms with van der Waals surface area (Å²) in [6.45, 7) is 3.89. The standard InChI is InChI=1S/C17H28F2N4O2.2ClH/c18-17(19)11-14(20-13-17)16(25)23-9-7-21(8-10-23)12-15(24)22-5-3-1-2-4-6-22;;/h14,20H,1-13H2;2*1H. The Labute approximate surface area is 171 Å². The lowest BCUT2D eigenvalue weighted by molar-refractivity contribution is -0.136. The average molecular weight is 431 g/mol. The number of nitrogens with zero attached hydrogens (tertiary/aromatic N) is 3. The van der Waals surface area contributed by atoms with Crippen LogP contribution in [0.2, 0.25) is 0 Å². The van der Waals surface area contributed by atoms with E-state index in [4.69, 9.17) is 0 Å². The smallest absolute Gasteiger partial charge is 0.262 e. The predicted molar refractivity (Wildman–Crippen MR) is 104 cm³/mol. The summed E-state index contributed by atoms with van der Waals surface area (Å²) in [6, 6.07) is -0.778. The van der Waals surface area contributed by atoms with Gasteiger partial charge in [-0.05, 0) is 12.8 Å². The SMILES string of the molecule is Cl.Cl.O=C(CN1CCN(C(=O)C2CC(F)(F)CN2)CC1)N1CCCCCC1.